The summed E-state index contributed by atoms with van der Waals surface area (Å²) in [6.45, 7) is 3.88. The number of rotatable bonds is 8. The zero-order chi connectivity index (χ0) is 21.5. The Labute approximate surface area is 178 Å². The van der Waals surface area contributed by atoms with Crippen molar-refractivity contribution >= 4 is 29.8 Å². The number of esters is 1. The molecule has 1 heterocycles. The molecule has 30 heavy (non-hydrogen) atoms. The Morgan fingerprint density at radius 1 is 1.20 bits per heavy atom. The maximum Gasteiger partial charge on any atom is 0.338 e. The number of nitrogens with zero attached hydrogens (tertiary/aromatic N) is 2. The van der Waals surface area contributed by atoms with Crippen LogP contribution in [0, 0.1) is 11.8 Å². The van der Waals surface area contributed by atoms with Crippen molar-refractivity contribution in [3.8, 4) is 5.75 Å². The van der Waals surface area contributed by atoms with Crippen molar-refractivity contribution in [3.63, 3.8) is 0 Å². The topological polar surface area (TPSA) is 95.6 Å². The second-order valence-electron chi connectivity index (χ2n) is 6.32. The van der Waals surface area contributed by atoms with Gasteiger partial charge in [0.25, 0.3) is 10.7 Å². The minimum absolute atomic E-state index is 0.0637. The van der Waals surface area contributed by atoms with Crippen LogP contribution >= 0.6 is 12.2 Å². The number of hydrogen-bond donors (Lipinski definition) is 1. The van der Waals surface area contributed by atoms with E-state index in [4.69, 9.17) is 26.1 Å². The van der Waals surface area contributed by atoms with Crippen LogP contribution in [0.25, 0.3) is 0 Å². The molecule has 0 bridgehead atoms. The van der Waals surface area contributed by atoms with Crippen molar-refractivity contribution < 1.29 is 23.5 Å². The highest BCUT2D eigenvalue weighted by atomic mass is 32.1. The molecule has 156 valence electrons. The number of aryl methyl sites for hydroxylation is 1. The summed E-state index contributed by atoms with van der Waals surface area (Å²) in [5.41, 5.74) is 1.80. The number of aromatic nitrogens is 2. The predicted octanol–water partition coefficient (Wildman–Crippen LogP) is 3.91. The lowest BCUT2D eigenvalue weighted by molar-refractivity contribution is -0.117. The molecule has 0 aliphatic heterocycles. The van der Waals surface area contributed by atoms with Crippen LogP contribution in [0.3, 0.4) is 0 Å². The highest BCUT2D eigenvalue weighted by Crippen LogP contribution is 2.17. The molecule has 0 aliphatic carbocycles. The second kappa shape index (κ2) is 9.84. The average Bonchev–Trinajstić information content (AvgIpc) is 3.07. The second-order valence-corrected chi connectivity index (χ2v) is 6.67. The SMILES string of the molecule is CCOC(=O)c1cccc(NC(=O)Cn2nc(COc3ccccc3C)oc2=S)c1. The van der Waals surface area contributed by atoms with Crippen LogP contribution < -0.4 is 10.1 Å². The third-order valence-electron chi connectivity index (χ3n) is 4.04. The highest BCUT2D eigenvalue weighted by molar-refractivity contribution is 7.71. The summed E-state index contributed by atoms with van der Waals surface area (Å²) >= 11 is 5.13. The lowest BCUT2D eigenvalue weighted by Gasteiger charge is -2.07. The average molecular weight is 427 g/mol. The first-order chi connectivity index (χ1) is 14.5. The first-order valence-electron chi connectivity index (χ1n) is 9.28. The Bertz CT molecular complexity index is 1110. The Morgan fingerprint density at radius 2 is 2.00 bits per heavy atom. The van der Waals surface area contributed by atoms with E-state index >= 15 is 0 Å². The van der Waals surface area contributed by atoms with Gasteiger partial charge in [0, 0.05) is 5.69 Å². The van der Waals surface area contributed by atoms with Crippen LogP contribution in [0.1, 0.15) is 28.7 Å². The third-order valence-corrected chi connectivity index (χ3v) is 4.34. The van der Waals surface area contributed by atoms with Gasteiger partial charge in [0.15, 0.2) is 6.61 Å². The van der Waals surface area contributed by atoms with Gasteiger partial charge >= 0.3 is 5.97 Å². The fraction of sp³-hybridized carbons (Fsp3) is 0.238. The number of para-hydroxylation sites is 1. The molecule has 1 aromatic heterocycles. The van der Waals surface area contributed by atoms with E-state index in [0.717, 1.165) is 5.56 Å². The first-order valence-corrected chi connectivity index (χ1v) is 9.69. The van der Waals surface area contributed by atoms with Crippen LogP contribution in [0.15, 0.2) is 52.9 Å². The Kier molecular flexibility index (Phi) is 6.97. The first kappa shape index (κ1) is 21.3. The molecule has 0 spiro atoms. The van der Waals surface area contributed by atoms with Crippen LogP contribution in [-0.2, 0) is 22.7 Å². The summed E-state index contributed by atoms with van der Waals surface area (Å²) in [6, 6.07) is 14.1. The van der Waals surface area contributed by atoms with Gasteiger partial charge in [-0.25, -0.2) is 9.48 Å². The predicted molar refractivity (Wildman–Crippen MR) is 112 cm³/mol. The minimum atomic E-state index is -0.453. The summed E-state index contributed by atoms with van der Waals surface area (Å²) in [4.78, 5) is 24.2. The van der Waals surface area contributed by atoms with Crippen LogP contribution in [0.4, 0.5) is 5.69 Å². The summed E-state index contributed by atoms with van der Waals surface area (Å²) in [7, 11) is 0. The molecule has 0 fully saturated rings. The zero-order valence-corrected chi connectivity index (χ0v) is 17.4. The fourth-order valence-electron chi connectivity index (χ4n) is 2.64. The fourth-order valence-corrected chi connectivity index (χ4v) is 2.84. The molecule has 0 radical (unpaired) electrons. The Hall–Kier alpha value is -3.46. The molecule has 1 amide bonds. The lowest BCUT2D eigenvalue weighted by atomic mass is 10.2. The lowest BCUT2D eigenvalue weighted by Crippen LogP contribution is -2.20. The largest absolute Gasteiger partial charge is 0.484 e. The van der Waals surface area contributed by atoms with Gasteiger partial charge in [-0.15, -0.1) is 5.10 Å². The number of nitrogens with one attached hydrogen (secondary N) is 1. The van der Waals surface area contributed by atoms with E-state index in [9.17, 15) is 9.59 Å². The van der Waals surface area contributed by atoms with E-state index in [0.29, 0.717) is 17.0 Å². The van der Waals surface area contributed by atoms with Crippen LogP contribution in [0.2, 0.25) is 0 Å². The van der Waals surface area contributed by atoms with Gasteiger partial charge in [0.1, 0.15) is 12.3 Å². The van der Waals surface area contributed by atoms with Crippen molar-refractivity contribution in [2.45, 2.75) is 27.0 Å². The summed E-state index contributed by atoms with van der Waals surface area (Å²) in [6.07, 6.45) is 0. The van der Waals surface area contributed by atoms with Crippen molar-refractivity contribution in [2.75, 3.05) is 11.9 Å². The van der Waals surface area contributed by atoms with E-state index in [1.807, 2.05) is 31.2 Å². The smallest absolute Gasteiger partial charge is 0.338 e. The minimum Gasteiger partial charge on any atom is -0.484 e. The maximum absolute atomic E-state index is 12.4. The quantitative estimate of drug-likeness (QED) is 0.430. The van der Waals surface area contributed by atoms with Crippen molar-refractivity contribution in [1.82, 2.24) is 9.78 Å². The summed E-state index contributed by atoms with van der Waals surface area (Å²) in [5.74, 6) is 0.158. The molecule has 0 atom stereocenters. The molecule has 9 heteroatoms. The molecular weight excluding hydrogens is 406 g/mol. The Balaban J connectivity index is 1.61. The summed E-state index contributed by atoms with van der Waals surface area (Å²) in [5, 5.41) is 6.89. The summed E-state index contributed by atoms with van der Waals surface area (Å²) < 4.78 is 17.3. The number of ether oxygens (including phenoxy) is 2. The Morgan fingerprint density at radius 3 is 2.77 bits per heavy atom. The normalized spacial score (nSPS) is 10.5. The molecule has 0 saturated carbocycles. The van der Waals surface area contributed by atoms with E-state index in [2.05, 4.69) is 10.4 Å². The molecule has 0 saturated heterocycles. The molecule has 8 nitrogen and oxygen atoms in total. The van der Waals surface area contributed by atoms with Gasteiger partial charge in [-0.3, -0.25) is 4.79 Å². The number of carbonyl (C=O) groups is 2. The van der Waals surface area contributed by atoms with E-state index < -0.39 is 5.97 Å². The van der Waals surface area contributed by atoms with Gasteiger partial charge in [-0.05, 0) is 55.9 Å². The monoisotopic (exact) mass is 427 g/mol. The highest BCUT2D eigenvalue weighted by Gasteiger charge is 2.12. The van der Waals surface area contributed by atoms with E-state index in [1.54, 1.807) is 31.2 Å². The van der Waals surface area contributed by atoms with Crippen molar-refractivity contribution in [1.29, 1.82) is 0 Å². The maximum atomic E-state index is 12.4. The number of amides is 1. The molecule has 2 aromatic carbocycles. The molecule has 1 N–H and O–H groups in total. The van der Waals surface area contributed by atoms with Crippen molar-refractivity contribution in [2.24, 2.45) is 0 Å². The van der Waals surface area contributed by atoms with Crippen LogP contribution in [0.5, 0.6) is 5.75 Å². The standard InChI is InChI=1S/C21H21N3O5S/c1-3-27-20(26)15-8-6-9-16(11-15)22-18(25)12-24-21(30)29-19(23-24)13-28-17-10-5-4-7-14(17)2/h4-11H,3,12-13H2,1-2H3,(H,22,25). The number of benzene rings is 2. The van der Waals surface area contributed by atoms with Gasteiger partial charge < -0.3 is 19.2 Å². The zero-order valence-electron chi connectivity index (χ0n) is 16.6. The van der Waals surface area contributed by atoms with Crippen molar-refractivity contribution in [3.05, 3.63) is 70.4 Å². The van der Waals surface area contributed by atoms with Gasteiger partial charge in [-0.1, -0.05) is 24.3 Å². The molecule has 3 aromatic rings. The van der Waals surface area contributed by atoms with E-state index in [1.165, 1.54) is 4.68 Å². The van der Waals surface area contributed by atoms with Crippen LogP contribution in [-0.4, -0.2) is 28.3 Å². The molecular formula is C21H21N3O5S. The number of hydrogen-bond acceptors (Lipinski definition) is 7. The molecule has 0 aliphatic rings. The van der Waals surface area contributed by atoms with Gasteiger partial charge in [-0.2, -0.15) is 0 Å². The molecule has 3 rings (SSSR count). The van der Waals surface area contributed by atoms with E-state index in [-0.39, 0.29) is 36.4 Å². The number of carbonyl (C=O) groups excluding carboxylic acids is 2. The third kappa shape index (κ3) is 5.54. The van der Waals surface area contributed by atoms with Gasteiger partial charge in [0.2, 0.25) is 5.91 Å². The molecule has 0 unspecified atom stereocenters. The van der Waals surface area contributed by atoms with Gasteiger partial charge in [0.05, 0.1) is 12.2 Å². The number of anilines is 1.